The van der Waals surface area contributed by atoms with Crippen molar-refractivity contribution in [3.05, 3.63) is 14.8 Å². The van der Waals surface area contributed by atoms with E-state index in [0.717, 1.165) is 6.04 Å². The van der Waals surface area contributed by atoms with Gasteiger partial charge in [0.2, 0.25) is 0 Å². The lowest BCUT2D eigenvalue weighted by atomic mass is 10.1. The van der Waals surface area contributed by atoms with E-state index in [0.29, 0.717) is 39.1 Å². The number of aromatic nitrogens is 3. The number of imidazole rings is 1. The zero-order chi connectivity index (χ0) is 20.8. The minimum atomic E-state index is -1.19. The van der Waals surface area contributed by atoms with Gasteiger partial charge in [0.15, 0.2) is 11.8 Å². The van der Waals surface area contributed by atoms with E-state index in [4.69, 9.17) is 30.5 Å². The first-order valence-electron chi connectivity index (χ1n) is 9.61. The molecule has 0 aliphatic carbocycles. The van der Waals surface area contributed by atoms with Crippen molar-refractivity contribution in [1.29, 1.82) is 0 Å². The van der Waals surface area contributed by atoms with Crippen LogP contribution in [0.2, 0.25) is 30.7 Å². The number of rotatable bonds is 7. The van der Waals surface area contributed by atoms with Crippen LogP contribution < -0.4 is 4.74 Å². The molecule has 2 aliphatic rings. The summed E-state index contributed by atoms with van der Waals surface area (Å²) >= 11 is 8.33. The summed E-state index contributed by atoms with van der Waals surface area (Å²) in [5.74, 6) is 0. The maximum absolute atomic E-state index is 9.95. The minimum Gasteiger partial charge on any atom is -0.456 e. The molecular weight excluding hydrogens is 529 g/mol. The molecule has 2 aliphatic heterocycles. The summed E-state index contributed by atoms with van der Waals surface area (Å²) in [6, 6.07) is 3.23. The maximum Gasteiger partial charge on any atom is 0.301 e. The third-order valence-corrected chi connectivity index (χ3v) is 8.19. The Morgan fingerprint density at radius 1 is 1.28 bits per heavy atom. The standard InChI is InChI=1S/C18H25ClIN3O5Si/c1-29(2,3)5-4-25-9-23-17-11(6-10(19)16(20)22-17)21-18(23)28-13-8-27-14-12(24)7-26-15(13)14/h6,12-15,24H,4-5,7-9H2,1-3H3/t12-,13-,14?,15-/m1/s1. The van der Waals surface area contributed by atoms with Crippen molar-refractivity contribution in [3.8, 4) is 6.01 Å². The zero-order valence-electron chi connectivity index (χ0n) is 16.6. The van der Waals surface area contributed by atoms with Gasteiger partial charge in [0.05, 0.1) is 18.2 Å². The fourth-order valence-corrected chi connectivity index (χ4v) is 4.69. The normalized spacial score (nSPS) is 27.0. The Labute approximate surface area is 189 Å². The quantitative estimate of drug-likeness (QED) is 0.244. The predicted molar refractivity (Wildman–Crippen MR) is 119 cm³/mol. The Bertz CT molecular complexity index is 892. The van der Waals surface area contributed by atoms with Gasteiger partial charge in [0.1, 0.15) is 34.3 Å². The highest BCUT2D eigenvalue weighted by atomic mass is 127. The van der Waals surface area contributed by atoms with Crippen LogP contribution in [0.25, 0.3) is 11.2 Å². The number of aliphatic hydroxyl groups excluding tert-OH is 1. The number of nitrogens with zero attached hydrogens (tertiary/aromatic N) is 3. The van der Waals surface area contributed by atoms with Crippen molar-refractivity contribution < 1.29 is 24.1 Å². The minimum absolute atomic E-state index is 0.251. The summed E-state index contributed by atoms with van der Waals surface area (Å²) in [4.78, 5) is 9.16. The van der Waals surface area contributed by atoms with Gasteiger partial charge in [-0.05, 0) is 34.7 Å². The molecule has 29 heavy (non-hydrogen) atoms. The highest BCUT2D eigenvalue weighted by molar-refractivity contribution is 14.1. The molecule has 0 radical (unpaired) electrons. The van der Waals surface area contributed by atoms with E-state index >= 15 is 0 Å². The molecule has 2 fully saturated rings. The molecule has 4 heterocycles. The highest BCUT2D eigenvalue weighted by Gasteiger charge is 2.48. The molecule has 8 nitrogen and oxygen atoms in total. The molecule has 0 aromatic carbocycles. The number of pyridine rings is 1. The SMILES string of the molecule is C[Si](C)(C)CCOCn1c(O[C@@H]2COC3[C@H](O)CO[C@@H]32)nc2cc(Cl)c(I)nc21. The molecule has 1 unspecified atom stereocenters. The summed E-state index contributed by atoms with van der Waals surface area (Å²) in [6.07, 6.45) is -1.66. The van der Waals surface area contributed by atoms with Gasteiger partial charge in [0, 0.05) is 14.7 Å². The van der Waals surface area contributed by atoms with Gasteiger partial charge in [-0.2, -0.15) is 4.98 Å². The molecule has 0 spiro atoms. The molecular formula is C18H25ClIN3O5Si. The van der Waals surface area contributed by atoms with Gasteiger partial charge in [-0.3, -0.25) is 4.57 Å². The van der Waals surface area contributed by atoms with Gasteiger partial charge in [-0.1, -0.05) is 31.2 Å². The molecule has 11 heteroatoms. The molecule has 0 amide bonds. The second-order valence-corrected chi connectivity index (χ2v) is 15.6. The Kier molecular flexibility index (Phi) is 6.41. The smallest absolute Gasteiger partial charge is 0.301 e. The van der Waals surface area contributed by atoms with E-state index in [9.17, 15) is 5.11 Å². The van der Waals surface area contributed by atoms with Gasteiger partial charge in [-0.25, -0.2) is 4.98 Å². The van der Waals surface area contributed by atoms with Crippen molar-refractivity contribution >= 4 is 53.4 Å². The number of fused-ring (bicyclic) bond motifs is 2. The van der Waals surface area contributed by atoms with Crippen LogP contribution in [-0.4, -0.2) is 72.0 Å². The molecule has 4 rings (SSSR count). The second kappa shape index (κ2) is 8.56. The summed E-state index contributed by atoms with van der Waals surface area (Å²) in [5.41, 5.74) is 1.30. The number of halogens is 2. The lowest BCUT2D eigenvalue weighted by Gasteiger charge is -2.19. The third-order valence-electron chi connectivity index (χ3n) is 5.05. The average Bonchev–Trinajstić information content (AvgIpc) is 3.29. The highest BCUT2D eigenvalue weighted by Crippen LogP contribution is 2.32. The third kappa shape index (κ3) is 4.73. The van der Waals surface area contributed by atoms with Crippen LogP contribution in [0.5, 0.6) is 6.01 Å². The maximum atomic E-state index is 9.95. The number of hydrogen-bond acceptors (Lipinski definition) is 7. The van der Waals surface area contributed by atoms with Crippen LogP contribution in [-0.2, 0) is 20.9 Å². The molecule has 2 aromatic rings. The van der Waals surface area contributed by atoms with E-state index in [2.05, 4.69) is 52.2 Å². The first-order valence-corrected chi connectivity index (χ1v) is 14.8. The van der Waals surface area contributed by atoms with Crippen molar-refractivity contribution in [1.82, 2.24) is 14.5 Å². The van der Waals surface area contributed by atoms with Crippen LogP contribution in [0.15, 0.2) is 6.07 Å². The summed E-state index contributed by atoms with van der Waals surface area (Å²) in [6.45, 7) is 8.48. The fourth-order valence-electron chi connectivity index (χ4n) is 3.40. The van der Waals surface area contributed by atoms with E-state index in [1.165, 1.54) is 0 Å². The molecule has 0 bridgehead atoms. The average molecular weight is 554 g/mol. The summed E-state index contributed by atoms with van der Waals surface area (Å²) in [5, 5.41) is 10.5. The predicted octanol–water partition coefficient (Wildman–Crippen LogP) is 2.91. The fraction of sp³-hybridized carbons (Fsp3) is 0.667. The van der Waals surface area contributed by atoms with E-state index in [1.54, 1.807) is 6.07 Å². The Morgan fingerprint density at radius 3 is 2.79 bits per heavy atom. The first kappa shape index (κ1) is 21.7. The number of ether oxygens (including phenoxy) is 4. The first-order chi connectivity index (χ1) is 13.7. The molecule has 2 saturated heterocycles. The van der Waals surface area contributed by atoms with Crippen LogP contribution in [0, 0.1) is 3.70 Å². The number of hydrogen-bond donors (Lipinski definition) is 1. The molecule has 2 aromatic heterocycles. The van der Waals surface area contributed by atoms with Crippen LogP contribution in [0.4, 0.5) is 0 Å². The summed E-state index contributed by atoms with van der Waals surface area (Å²) in [7, 11) is -1.19. The lowest BCUT2D eigenvalue weighted by Crippen LogP contribution is -2.35. The summed E-state index contributed by atoms with van der Waals surface area (Å²) < 4.78 is 25.9. The molecule has 1 N–H and O–H groups in total. The monoisotopic (exact) mass is 553 g/mol. The van der Waals surface area contributed by atoms with E-state index in [1.807, 2.05) is 4.57 Å². The van der Waals surface area contributed by atoms with Crippen molar-refractivity contribution in [2.24, 2.45) is 0 Å². The van der Waals surface area contributed by atoms with Crippen molar-refractivity contribution in [3.63, 3.8) is 0 Å². The lowest BCUT2D eigenvalue weighted by molar-refractivity contribution is 0.00336. The van der Waals surface area contributed by atoms with Crippen molar-refractivity contribution in [2.75, 3.05) is 19.8 Å². The molecule has 4 atom stereocenters. The van der Waals surface area contributed by atoms with Gasteiger partial charge in [0.25, 0.3) is 0 Å². The van der Waals surface area contributed by atoms with Crippen molar-refractivity contribution in [2.45, 2.75) is 56.8 Å². The molecule has 0 saturated carbocycles. The van der Waals surface area contributed by atoms with E-state index < -0.39 is 14.2 Å². The largest absolute Gasteiger partial charge is 0.456 e. The Balaban J connectivity index is 1.57. The van der Waals surface area contributed by atoms with Crippen LogP contribution in [0.3, 0.4) is 0 Å². The van der Waals surface area contributed by atoms with Crippen LogP contribution in [0.1, 0.15) is 0 Å². The van der Waals surface area contributed by atoms with Gasteiger partial charge in [-0.15, -0.1) is 0 Å². The number of aliphatic hydroxyl groups is 1. The zero-order valence-corrected chi connectivity index (χ0v) is 20.5. The van der Waals surface area contributed by atoms with Gasteiger partial charge < -0.3 is 24.1 Å². The Morgan fingerprint density at radius 2 is 2.03 bits per heavy atom. The second-order valence-electron chi connectivity index (χ2n) is 8.59. The Hall–Kier alpha value is -0.503. The molecule has 160 valence electrons. The topological polar surface area (TPSA) is 87.9 Å². The van der Waals surface area contributed by atoms with Gasteiger partial charge >= 0.3 is 6.01 Å². The van der Waals surface area contributed by atoms with E-state index in [-0.39, 0.29) is 31.6 Å². The van der Waals surface area contributed by atoms with Crippen LogP contribution >= 0.6 is 34.2 Å².